The van der Waals surface area contributed by atoms with Gasteiger partial charge in [-0.1, -0.05) is 44.2 Å². The van der Waals surface area contributed by atoms with Gasteiger partial charge in [0.25, 0.3) is 5.91 Å². The van der Waals surface area contributed by atoms with Crippen LogP contribution in [0.1, 0.15) is 71.7 Å². The van der Waals surface area contributed by atoms with Crippen molar-refractivity contribution in [2.45, 2.75) is 78.6 Å². The number of pyridine rings is 1. The zero-order chi connectivity index (χ0) is 30.5. The van der Waals surface area contributed by atoms with E-state index in [0.717, 1.165) is 10.9 Å². The molecule has 2 aromatic rings. The molecule has 0 spiro atoms. The number of fused-ring (bicyclic) bond motifs is 1. The van der Waals surface area contributed by atoms with Gasteiger partial charge in [-0.2, -0.15) is 0 Å². The third-order valence-corrected chi connectivity index (χ3v) is 7.18. The van der Waals surface area contributed by atoms with Crippen molar-refractivity contribution in [3.63, 3.8) is 0 Å². The van der Waals surface area contributed by atoms with Crippen LogP contribution in [0.5, 0.6) is 0 Å². The Balaban J connectivity index is 1.64. The van der Waals surface area contributed by atoms with E-state index in [1.54, 1.807) is 46.8 Å². The molecule has 1 aromatic carbocycles. The minimum absolute atomic E-state index is 0.281. The lowest BCUT2D eigenvalue weighted by Gasteiger charge is -2.35. The van der Waals surface area contributed by atoms with Gasteiger partial charge in [-0.25, -0.2) is 5.43 Å². The maximum atomic E-state index is 13.1. The molecule has 2 heterocycles. The summed E-state index contributed by atoms with van der Waals surface area (Å²) in [4.78, 5) is 54.3. The van der Waals surface area contributed by atoms with Crippen LogP contribution in [0.4, 0.5) is 0 Å². The largest absolute Gasteiger partial charge is 0.481 e. The Morgan fingerprint density at radius 3 is 2.44 bits per heavy atom. The number of hydrogen-bond acceptors (Lipinski definition) is 7. The van der Waals surface area contributed by atoms with E-state index in [0.29, 0.717) is 30.6 Å². The number of hydrazine groups is 1. The van der Waals surface area contributed by atoms with Gasteiger partial charge in [0.15, 0.2) is 0 Å². The zero-order valence-electron chi connectivity index (χ0n) is 24.5. The molecule has 11 nitrogen and oxygen atoms in total. The molecular formula is C30H41N5O6. The molecule has 1 aromatic heterocycles. The van der Waals surface area contributed by atoms with Crippen molar-refractivity contribution in [1.29, 1.82) is 0 Å². The van der Waals surface area contributed by atoms with Crippen molar-refractivity contribution in [2.75, 3.05) is 6.54 Å². The van der Waals surface area contributed by atoms with Crippen molar-refractivity contribution in [3.05, 3.63) is 47.7 Å². The lowest BCUT2D eigenvalue weighted by Crippen LogP contribution is -2.61. The Morgan fingerprint density at radius 1 is 1.10 bits per heavy atom. The van der Waals surface area contributed by atoms with E-state index in [1.807, 2.05) is 37.3 Å². The Kier molecular flexibility index (Phi) is 10.2. The maximum Gasteiger partial charge on any atom is 0.312 e. The number of carbonyl (C=O) groups is 4. The van der Waals surface area contributed by atoms with Gasteiger partial charge in [-0.15, -0.1) is 0 Å². The molecule has 3 rings (SSSR count). The topological polar surface area (TPSA) is 161 Å². The van der Waals surface area contributed by atoms with E-state index in [1.165, 1.54) is 5.01 Å². The minimum atomic E-state index is -1.21. The van der Waals surface area contributed by atoms with Crippen molar-refractivity contribution < 1.29 is 29.4 Å². The number of carbonyl (C=O) groups excluding carboxylic acids is 3. The summed E-state index contributed by atoms with van der Waals surface area (Å²) in [5.74, 6) is -2.49. The maximum absolute atomic E-state index is 13.1. The number of aliphatic hydroxyl groups is 1. The van der Waals surface area contributed by atoms with Crippen molar-refractivity contribution >= 4 is 40.7 Å². The third-order valence-electron chi connectivity index (χ3n) is 7.18. The van der Waals surface area contributed by atoms with E-state index in [4.69, 9.17) is 4.98 Å². The molecule has 41 heavy (non-hydrogen) atoms. The number of nitrogens with one attached hydrogen (secondary N) is 3. The number of carboxylic acids is 1. The summed E-state index contributed by atoms with van der Waals surface area (Å²) >= 11 is 0. The number of benzene rings is 1. The number of hydrogen-bond donors (Lipinski definition) is 5. The molecule has 1 aliphatic rings. The lowest BCUT2D eigenvalue weighted by atomic mass is 9.92. The van der Waals surface area contributed by atoms with Gasteiger partial charge in [0.05, 0.1) is 22.7 Å². The summed E-state index contributed by atoms with van der Waals surface area (Å²) in [6, 6.07) is 7.50. The highest BCUT2D eigenvalue weighted by molar-refractivity contribution is 5.89. The Morgan fingerprint density at radius 2 is 1.78 bits per heavy atom. The summed E-state index contributed by atoms with van der Waals surface area (Å²) in [5, 5.41) is 27.0. The molecule has 0 radical (unpaired) electrons. The van der Waals surface area contributed by atoms with Crippen LogP contribution < -0.4 is 16.1 Å². The summed E-state index contributed by atoms with van der Waals surface area (Å²) in [6.45, 7) is 10.4. The zero-order valence-corrected chi connectivity index (χ0v) is 24.5. The lowest BCUT2D eigenvalue weighted by molar-refractivity contribution is -0.145. The molecule has 2 unspecified atom stereocenters. The van der Waals surface area contributed by atoms with Crippen LogP contribution in [-0.4, -0.2) is 68.6 Å². The van der Waals surface area contributed by atoms with E-state index >= 15 is 0 Å². The number of carboxylic acid groups (broad SMARTS) is 1. The highest BCUT2D eigenvalue weighted by Crippen LogP contribution is 2.22. The third kappa shape index (κ3) is 8.11. The monoisotopic (exact) mass is 567 g/mol. The van der Waals surface area contributed by atoms with Gasteiger partial charge in [-0.3, -0.25) is 29.2 Å². The van der Waals surface area contributed by atoms with Crippen LogP contribution in [0.25, 0.3) is 17.0 Å². The second-order valence-corrected chi connectivity index (χ2v) is 11.5. The molecule has 1 fully saturated rings. The van der Waals surface area contributed by atoms with Gasteiger partial charge >= 0.3 is 5.97 Å². The first kappa shape index (κ1) is 31.7. The average Bonchev–Trinajstić information content (AvgIpc) is 2.94. The summed E-state index contributed by atoms with van der Waals surface area (Å²) in [7, 11) is 0. The second-order valence-electron chi connectivity index (χ2n) is 11.5. The molecule has 4 atom stereocenters. The molecule has 0 saturated carbocycles. The molecule has 11 heteroatoms. The predicted octanol–water partition coefficient (Wildman–Crippen LogP) is 2.55. The van der Waals surface area contributed by atoms with E-state index in [2.05, 4.69) is 16.1 Å². The fraction of sp³-hybridized carbons (Fsp3) is 0.500. The first-order valence-electron chi connectivity index (χ1n) is 13.9. The standard InChI is InChI=1S/C30H41N5O6/c1-17(2)25(36)27(38)32-19(4)28(39)35-15-7-8-23(34-35)26(37)31-18(3)22-12-11-21-10-9-20(16-24(21)33-22)13-14-30(5,6)29(40)41/h9-14,16-19,23,25,34,36H,7-8,15H2,1-6H3,(H,31,37)(H,32,38)(H,40,41)/b14-13+/t18-,19?,23+,25?/m1/s1. The van der Waals surface area contributed by atoms with Crippen molar-refractivity contribution in [2.24, 2.45) is 11.3 Å². The van der Waals surface area contributed by atoms with Gasteiger partial charge in [0, 0.05) is 11.9 Å². The second kappa shape index (κ2) is 13.2. The first-order chi connectivity index (χ1) is 19.2. The summed E-state index contributed by atoms with van der Waals surface area (Å²) in [5.41, 5.74) is 4.15. The Hall–Kier alpha value is -3.83. The quantitative estimate of drug-likeness (QED) is 0.293. The SMILES string of the molecule is CC(NC(=O)C(O)C(C)C)C(=O)N1CCC[C@@H](C(=O)N[C@H](C)c2ccc3ccc(/C=C/C(C)(C)C(=O)O)cc3n2)N1. The van der Waals surface area contributed by atoms with Gasteiger partial charge in [0.1, 0.15) is 18.2 Å². The number of nitrogens with zero attached hydrogens (tertiary/aromatic N) is 2. The van der Waals surface area contributed by atoms with Crippen LogP contribution in [0, 0.1) is 11.3 Å². The smallest absolute Gasteiger partial charge is 0.312 e. The van der Waals surface area contributed by atoms with Crippen LogP contribution >= 0.6 is 0 Å². The molecule has 1 saturated heterocycles. The fourth-order valence-corrected chi connectivity index (χ4v) is 4.29. The number of aliphatic carboxylic acids is 1. The van der Waals surface area contributed by atoms with E-state index in [9.17, 15) is 29.4 Å². The number of aromatic nitrogens is 1. The predicted molar refractivity (Wildman–Crippen MR) is 155 cm³/mol. The number of aliphatic hydroxyl groups excluding tert-OH is 1. The molecule has 3 amide bonds. The minimum Gasteiger partial charge on any atom is -0.481 e. The highest BCUT2D eigenvalue weighted by atomic mass is 16.4. The molecule has 222 valence electrons. The average molecular weight is 568 g/mol. The van der Waals surface area contributed by atoms with Crippen LogP contribution in [0.2, 0.25) is 0 Å². The fourth-order valence-electron chi connectivity index (χ4n) is 4.29. The molecule has 5 N–H and O–H groups in total. The highest BCUT2D eigenvalue weighted by Gasteiger charge is 2.32. The Bertz CT molecular complexity index is 1320. The van der Waals surface area contributed by atoms with Gasteiger partial charge in [-0.05, 0) is 64.2 Å². The van der Waals surface area contributed by atoms with Crippen molar-refractivity contribution in [3.8, 4) is 0 Å². The number of rotatable bonds is 10. The summed E-state index contributed by atoms with van der Waals surface area (Å²) < 4.78 is 0. The molecular weight excluding hydrogens is 526 g/mol. The number of amides is 3. The molecule has 1 aliphatic heterocycles. The van der Waals surface area contributed by atoms with Crippen LogP contribution in [-0.2, 0) is 19.2 Å². The van der Waals surface area contributed by atoms with Gasteiger partial charge < -0.3 is 20.8 Å². The van der Waals surface area contributed by atoms with Crippen LogP contribution in [0.15, 0.2) is 36.4 Å². The molecule has 0 aliphatic carbocycles. The Labute approximate surface area is 240 Å². The van der Waals surface area contributed by atoms with E-state index < -0.39 is 47.4 Å². The summed E-state index contributed by atoms with van der Waals surface area (Å²) in [6.07, 6.45) is 3.31. The van der Waals surface area contributed by atoms with E-state index in [-0.39, 0.29) is 11.8 Å². The van der Waals surface area contributed by atoms with Gasteiger partial charge in [0.2, 0.25) is 11.8 Å². The van der Waals surface area contributed by atoms with Crippen LogP contribution in [0.3, 0.4) is 0 Å². The normalized spacial score (nSPS) is 18.2. The molecule has 0 bridgehead atoms. The first-order valence-corrected chi connectivity index (χ1v) is 13.9. The van der Waals surface area contributed by atoms with Crippen molar-refractivity contribution in [1.82, 2.24) is 26.1 Å².